The van der Waals surface area contributed by atoms with Crippen molar-refractivity contribution in [2.75, 3.05) is 0 Å². The second-order valence-electron chi connectivity index (χ2n) is 2.94. The van der Waals surface area contributed by atoms with E-state index in [-0.39, 0.29) is 0 Å². The molecule has 0 aliphatic carbocycles. The van der Waals surface area contributed by atoms with Gasteiger partial charge < -0.3 is 0 Å². The van der Waals surface area contributed by atoms with Crippen LogP contribution in [0.15, 0.2) is 48.1 Å². The lowest BCUT2D eigenvalue weighted by Crippen LogP contribution is -1.88. The van der Waals surface area contributed by atoms with E-state index < -0.39 is 0 Å². The zero-order chi connectivity index (χ0) is 9.72. The highest BCUT2D eigenvalue weighted by Crippen LogP contribution is 2.20. The van der Waals surface area contributed by atoms with Gasteiger partial charge in [0.1, 0.15) is 0 Å². The minimum Gasteiger partial charge on any atom is -0.0985 e. The van der Waals surface area contributed by atoms with Crippen LogP contribution in [0.3, 0.4) is 0 Å². The molecule has 0 aromatic heterocycles. The summed E-state index contributed by atoms with van der Waals surface area (Å²) in [6, 6.07) is 0. The molecule has 0 aliphatic heterocycles. The molecule has 0 atom stereocenters. The molecule has 0 heterocycles. The van der Waals surface area contributed by atoms with Gasteiger partial charge >= 0.3 is 0 Å². The van der Waals surface area contributed by atoms with Crippen LogP contribution in [0.4, 0.5) is 0 Å². The molecule has 12 heavy (non-hydrogen) atoms. The van der Waals surface area contributed by atoms with Crippen molar-refractivity contribution in [1.82, 2.24) is 0 Å². The smallest absolute Gasteiger partial charge is 0.0303 e. The SMILES string of the molecule is C=CC(=C)C(C)=C(C)C(=C)CC. The van der Waals surface area contributed by atoms with Crippen molar-refractivity contribution >= 4 is 0 Å². The summed E-state index contributed by atoms with van der Waals surface area (Å²) in [7, 11) is 0. The van der Waals surface area contributed by atoms with E-state index in [2.05, 4.69) is 40.5 Å². The monoisotopic (exact) mass is 162 g/mol. The maximum atomic E-state index is 3.98. The van der Waals surface area contributed by atoms with Gasteiger partial charge in [0.15, 0.2) is 0 Å². The van der Waals surface area contributed by atoms with Crippen LogP contribution in [0.25, 0.3) is 0 Å². The molecule has 0 spiro atoms. The Morgan fingerprint density at radius 1 is 1.17 bits per heavy atom. The molecule has 0 aliphatic rings. The summed E-state index contributed by atoms with van der Waals surface area (Å²) < 4.78 is 0. The van der Waals surface area contributed by atoms with Gasteiger partial charge in [0.05, 0.1) is 0 Å². The average Bonchev–Trinajstić information content (AvgIpc) is 2.12. The van der Waals surface area contributed by atoms with Crippen LogP contribution < -0.4 is 0 Å². The van der Waals surface area contributed by atoms with Gasteiger partial charge in [0.25, 0.3) is 0 Å². The number of rotatable bonds is 4. The van der Waals surface area contributed by atoms with Crippen molar-refractivity contribution in [1.29, 1.82) is 0 Å². The maximum Gasteiger partial charge on any atom is -0.0303 e. The molecule has 66 valence electrons. The fraction of sp³-hybridized carbons (Fsp3) is 0.333. The fourth-order valence-electron chi connectivity index (χ4n) is 0.924. The Labute approximate surface area is 76.0 Å². The highest BCUT2D eigenvalue weighted by Gasteiger charge is 2.00. The Balaban J connectivity index is 4.80. The van der Waals surface area contributed by atoms with Gasteiger partial charge in [-0.05, 0) is 37.0 Å². The number of hydrogen-bond acceptors (Lipinski definition) is 0. The van der Waals surface area contributed by atoms with Crippen LogP contribution in [-0.2, 0) is 0 Å². The molecule has 0 nitrogen and oxygen atoms in total. The van der Waals surface area contributed by atoms with Crippen LogP contribution in [0.2, 0.25) is 0 Å². The van der Waals surface area contributed by atoms with E-state index in [9.17, 15) is 0 Å². The van der Waals surface area contributed by atoms with Crippen molar-refractivity contribution in [3.8, 4) is 0 Å². The van der Waals surface area contributed by atoms with Crippen molar-refractivity contribution in [2.24, 2.45) is 0 Å². The molecular formula is C12H18. The average molecular weight is 162 g/mol. The quantitative estimate of drug-likeness (QED) is 0.547. The van der Waals surface area contributed by atoms with E-state index in [0.717, 1.165) is 12.0 Å². The molecule has 0 N–H and O–H groups in total. The van der Waals surface area contributed by atoms with E-state index >= 15 is 0 Å². The first kappa shape index (κ1) is 11.0. The summed E-state index contributed by atoms with van der Waals surface area (Å²) in [6.45, 7) is 17.8. The minimum absolute atomic E-state index is 0.988. The maximum absolute atomic E-state index is 3.98. The molecule has 0 radical (unpaired) electrons. The minimum atomic E-state index is 0.988. The highest BCUT2D eigenvalue weighted by molar-refractivity contribution is 5.44. The standard InChI is InChI=1S/C12H18/c1-7-9(3)11(5)12(6)10(4)8-2/h7H,1,3-4,8H2,2,5-6H3. The summed E-state index contributed by atoms with van der Waals surface area (Å²) >= 11 is 0. The van der Waals surface area contributed by atoms with Gasteiger partial charge in [-0.15, -0.1) is 0 Å². The molecule has 0 aromatic carbocycles. The van der Waals surface area contributed by atoms with Crippen molar-refractivity contribution in [3.05, 3.63) is 48.1 Å². The first-order chi connectivity index (χ1) is 5.54. The third-order valence-electron chi connectivity index (χ3n) is 2.25. The van der Waals surface area contributed by atoms with Gasteiger partial charge in [0, 0.05) is 0 Å². The Hall–Kier alpha value is -1.04. The van der Waals surface area contributed by atoms with Gasteiger partial charge in [0.2, 0.25) is 0 Å². The van der Waals surface area contributed by atoms with Crippen LogP contribution in [0.1, 0.15) is 27.2 Å². The van der Waals surface area contributed by atoms with Gasteiger partial charge in [-0.1, -0.05) is 38.3 Å². The van der Waals surface area contributed by atoms with Crippen LogP contribution in [-0.4, -0.2) is 0 Å². The van der Waals surface area contributed by atoms with Crippen LogP contribution in [0.5, 0.6) is 0 Å². The molecule has 0 saturated heterocycles. The molecular weight excluding hydrogens is 144 g/mol. The fourth-order valence-corrected chi connectivity index (χ4v) is 0.924. The summed E-state index contributed by atoms with van der Waals surface area (Å²) in [4.78, 5) is 0. The predicted molar refractivity (Wildman–Crippen MR) is 57.1 cm³/mol. The Bertz CT molecular complexity index is 239. The largest absolute Gasteiger partial charge is 0.0985 e. The van der Waals surface area contributed by atoms with Crippen LogP contribution in [0, 0.1) is 0 Å². The highest BCUT2D eigenvalue weighted by atomic mass is 14.1. The zero-order valence-corrected chi connectivity index (χ0v) is 8.41. The predicted octanol–water partition coefficient (Wildman–Crippen LogP) is 4.03. The summed E-state index contributed by atoms with van der Waals surface area (Å²) in [5.41, 5.74) is 4.59. The molecule has 0 bridgehead atoms. The second-order valence-corrected chi connectivity index (χ2v) is 2.94. The number of allylic oxidation sites excluding steroid dienone is 5. The third kappa shape index (κ3) is 2.54. The third-order valence-corrected chi connectivity index (χ3v) is 2.25. The lowest BCUT2D eigenvalue weighted by atomic mass is 9.97. The Morgan fingerprint density at radius 3 is 2.00 bits per heavy atom. The zero-order valence-electron chi connectivity index (χ0n) is 8.41. The second kappa shape index (κ2) is 4.76. The topological polar surface area (TPSA) is 0 Å². The van der Waals surface area contributed by atoms with Crippen molar-refractivity contribution < 1.29 is 0 Å². The summed E-state index contributed by atoms with van der Waals surface area (Å²) in [5, 5.41) is 0. The molecule has 0 amide bonds. The lowest BCUT2D eigenvalue weighted by Gasteiger charge is -2.08. The van der Waals surface area contributed by atoms with Gasteiger partial charge in [-0.3, -0.25) is 0 Å². The van der Waals surface area contributed by atoms with E-state index in [0.29, 0.717) is 0 Å². The molecule has 0 saturated carbocycles. The first-order valence-electron chi connectivity index (χ1n) is 4.21. The summed E-state index contributed by atoms with van der Waals surface area (Å²) in [5.74, 6) is 0. The van der Waals surface area contributed by atoms with Gasteiger partial charge in [-0.2, -0.15) is 0 Å². The van der Waals surface area contributed by atoms with Gasteiger partial charge in [-0.25, -0.2) is 0 Å². The summed E-state index contributed by atoms with van der Waals surface area (Å²) in [6.07, 6.45) is 2.77. The molecule has 0 unspecified atom stereocenters. The van der Waals surface area contributed by atoms with Crippen molar-refractivity contribution in [3.63, 3.8) is 0 Å². The Kier molecular flexibility index (Phi) is 4.35. The van der Waals surface area contributed by atoms with E-state index in [4.69, 9.17) is 0 Å². The van der Waals surface area contributed by atoms with E-state index in [1.807, 2.05) is 0 Å². The van der Waals surface area contributed by atoms with Crippen molar-refractivity contribution in [2.45, 2.75) is 27.2 Å². The normalized spacial score (nSPS) is 11.9. The Morgan fingerprint density at radius 2 is 1.67 bits per heavy atom. The molecule has 0 fully saturated rings. The van der Waals surface area contributed by atoms with Crippen LogP contribution >= 0.6 is 0 Å². The molecule has 0 heteroatoms. The van der Waals surface area contributed by atoms with E-state index in [1.165, 1.54) is 16.7 Å². The molecule has 0 rings (SSSR count). The lowest BCUT2D eigenvalue weighted by molar-refractivity contribution is 1.09. The first-order valence-corrected chi connectivity index (χ1v) is 4.21. The number of hydrogen-bond donors (Lipinski definition) is 0. The molecule has 0 aromatic rings. The van der Waals surface area contributed by atoms with E-state index in [1.54, 1.807) is 6.08 Å².